The molecule has 0 saturated heterocycles. The molecular formula is C12H16N6O. The molecule has 7 heteroatoms. The first-order valence-corrected chi connectivity index (χ1v) is 6.05. The van der Waals surface area contributed by atoms with E-state index in [1.165, 1.54) is 6.33 Å². The molecule has 0 aliphatic rings. The second kappa shape index (κ2) is 6.48. The van der Waals surface area contributed by atoms with Crippen LogP contribution in [0, 0.1) is 0 Å². The molecule has 0 unspecified atom stereocenters. The van der Waals surface area contributed by atoms with Gasteiger partial charge in [-0.3, -0.25) is 0 Å². The number of nitrogens with one attached hydrogen (secondary N) is 1. The Morgan fingerprint density at radius 1 is 1.37 bits per heavy atom. The van der Waals surface area contributed by atoms with E-state index >= 15 is 0 Å². The summed E-state index contributed by atoms with van der Waals surface area (Å²) in [6.45, 7) is 3.08. The van der Waals surface area contributed by atoms with Gasteiger partial charge in [0.2, 0.25) is 5.88 Å². The first-order chi connectivity index (χ1) is 9.31. The minimum absolute atomic E-state index is 0.401. The molecule has 0 aliphatic heterocycles. The summed E-state index contributed by atoms with van der Waals surface area (Å²) in [6, 6.07) is 3.69. The monoisotopic (exact) mass is 260 g/mol. The Morgan fingerprint density at radius 2 is 2.26 bits per heavy atom. The van der Waals surface area contributed by atoms with Crippen LogP contribution in [0.1, 0.15) is 19.0 Å². The van der Waals surface area contributed by atoms with Gasteiger partial charge in [0.25, 0.3) is 0 Å². The summed E-state index contributed by atoms with van der Waals surface area (Å²) in [4.78, 5) is 8.09. The zero-order chi connectivity index (χ0) is 13.5. The summed E-state index contributed by atoms with van der Waals surface area (Å²) in [5.41, 5.74) is 7.14. The van der Waals surface area contributed by atoms with Gasteiger partial charge in [0, 0.05) is 6.20 Å². The zero-order valence-corrected chi connectivity index (χ0v) is 10.7. The SMILES string of the molecule is CCCOc1ncnc(NCc2cccnn2)c1N. The fraction of sp³-hybridized carbons (Fsp3) is 0.333. The van der Waals surface area contributed by atoms with Gasteiger partial charge in [0.05, 0.1) is 18.8 Å². The fourth-order valence-corrected chi connectivity index (χ4v) is 1.44. The van der Waals surface area contributed by atoms with E-state index in [0.29, 0.717) is 30.5 Å². The topological polar surface area (TPSA) is 98.8 Å². The highest BCUT2D eigenvalue weighted by Gasteiger charge is 2.08. The number of nitrogen functional groups attached to an aromatic ring is 1. The lowest BCUT2D eigenvalue weighted by Crippen LogP contribution is -2.09. The van der Waals surface area contributed by atoms with E-state index in [2.05, 4.69) is 25.5 Å². The van der Waals surface area contributed by atoms with Crippen molar-refractivity contribution in [3.05, 3.63) is 30.4 Å². The highest BCUT2D eigenvalue weighted by atomic mass is 16.5. The lowest BCUT2D eigenvalue weighted by atomic mass is 10.3. The van der Waals surface area contributed by atoms with Gasteiger partial charge in [-0.25, -0.2) is 4.98 Å². The molecule has 2 heterocycles. The van der Waals surface area contributed by atoms with E-state index in [1.807, 2.05) is 19.1 Å². The molecule has 3 N–H and O–H groups in total. The highest BCUT2D eigenvalue weighted by molar-refractivity contribution is 5.66. The maximum absolute atomic E-state index is 5.94. The third kappa shape index (κ3) is 3.51. The van der Waals surface area contributed by atoms with Crippen molar-refractivity contribution in [1.29, 1.82) is 0 Å². The van der Waals surface area contributed by atoms with Crippen LogP contribution in [-0.4, -0.2) is 26.8 Å². The Labute approximate surface area is 111 Å². The standard InChI is InChI=1S/C12H16N6O/c1-2-6-19-12-10(13)11(15-8-16-12)14-7-9-4-3-5-17-18-9/h3-5,8H,2,6-7,13H2,1H3,(H,14,15,16). The molecule has 0 atom stereocenters. The van der Waals surface area contributed by atoms with Crippen LogP contribution in [-0.2, 0) is 6.54 Å². The van der Waals surface area contributed by atoms with Crippen molar-refractivity contribution >= 4 is 11.5 Å². The smallest absolute Gasteiger partial charge is 0.242 e. The van der Waals surface area contributed by atoms with Crippen molar-refractivity contribution in [1.82, 2.24) is 20.2 Å². The van der Waals surface area contributed by atoms with Crippen molar-refractivity contribution in [2.75, 3.05) is 17.7 Å². The lowest BCUT2D eigenvalue weighted by Gasteiger charge is -2.10. The Balaban J connectivity index is 2.04. The van der Waals surface area contributed by atoms with E-state index in [-0.39, 0.29) is 0 Å². The number of ether oxygens (including phenoxy) is 1. The molecule has 2 aromatic heterocycles. The fourth-order valence-electron chi connectivity index (χ4n) is 1.44. The molecule has 19 heavy (non-hydrogen) atoms. The van der Waals surface area contributed by atoms with Gasteiger partial charge in [-0.05, 0) is 18.6 Å². The van der Waals surface area contributed by atoms with Crippen molar-refractivity contribution in [2.24, 2.45) is 0 Å². The van der Waals surface area contributed by atoms with Crippen LogP contribution in [0.4, 0.5) is 11.5 Å². The predicted octanol–water partition coefficient (Wildman–Crippen LogP) is 1.25. The summed E-state index contributed by atoms with van der Waals surface area (Å²) < 4.78 is 5.43. The first kappa shape index (κ1) is 13.0. The van der Waals surface area contributed by atoms with Gasteiger partial charge >= 0.3 is 0 Å². The van der Waals surface area contributed by atoms with Crippen LogP contribution in [0.3, 0.4) is 0 Å². The first-order valence-electron chi connectivity index (χ1n) is 6.05. The molecule has 0 bridgehead atoms. The van der Waals surface area contributed by atoms with Crippen molar-refractivity contribution in [2.45, 2.75) is 19.9 Å². The maximum atomic E-state index is 5.94. The molecule has 0 spiro atoms. The minimum atomic E-state index is 0.401. The quantitative estimate of drug-likeness (QED) is 0.806. The van der Waals surface area contributed by atoms with E-state index < -0.39 is 0 Å². The van der Waals surface area contributed by atoms with E-state index in [4.69, 9.17) is 10.5 Å². The molecule has 100 valence electrons. The molecule has 0 radical (unpaired) electrons. The van der Waals surface area contributed by atoms with E-state index in [0.717, 1.165) is 12.1 Å². The average Bonchev–Trinajstić information content (AvgIpc) is 2.46. The number of rotatable bonds is 6. The number of hydrogen-bond acceptors (Lipinski definition) is 7. The van der Waals surface area contributed by atoms with Crippen LogP contribution in [0.2, 0.25) is 0 Å². The summed E-state index contributed by atoms with van der Waals surface area (Å²) in [7, 11) is 0. The number of nitrogens with zero attached hydrogens (tertiary/aromatic N) is 4. The normalized spacial score (nSPS) is 10.2. The summed E-state index contributed by atoms with van der Waals surface area (Å²) >= 11 is 0. The van der Waals surface area contributed by atoms with Gasteiger partial charge in [-0.1, -0.05) is 6.92 Å². The average molecular weight is 260 g/mol. The van der Waals surface area contributed by atoms with Crippen LogP contribution < -0.4 is 15.8 Å². The number of hydrogen-bond donors (Lipinski definition) is 2. The number of aromatic nitrogens is 4. The second-order valence-corrected chi connectivity index (χ2v) is 3.86. The molecule has 0 amide bonds. The highest BCUT2D eigenvalue weighted by Crippen LogP contribution is 2.24. The van der Waals surface area contributed by atoms with Gasteiger partial charge in [-0.15, -0.1) is 0 Å². The van der Waals surface area contributed by atoms with Crippen molar-refractivity contribution < 1.29 is 4.74 Å². The van der Waals surface area contributed by atoms with E-state index in [9.17, 15) is 0 Å². The molecule has 2 aromatic rings. The molecular weight excluding hydrogens is 244 g/mol. The van der Waals surface area contributed by atoms with Crippen molar-refractivity contribution in [3.8, 4) is 5.88 Å². The van der Waals surface area contributed by atoms with Gasteiger partial charge in [-0.2, -0.15) is 15.2 Å². The van der Waals surface area contributed by atoms with E-state index in [1.54, 1.807) is 6.20 Å². The zero-order valence-electron chi connectivity index (χ0n) is 10.7. The van der Waals surface area contributed by atoms with Gasteiger partial charge in [0.1, 0.15) is 12.0 Å². The summed E-state index contributed by atoms with van der Waals surface area (Å²) in [5.74, 6) is 0.935. The Morgan fingerprint density at radius 3 is 3.00 bits per heavy atom. The third-order valence-electron chi connectivity index (χ3n) is 2.35. The molecule has 7 nitrogen and oxygen atoms in total. The predicted molar refractivity (Wildman–Crippen MR) is 71.6 cm³/mol. The Hall–Kier alpha value is -2.44. The number of nitrogens with two attached hydrogens (primary N) is 1. The van der Waals surface area contributed by atoms with Gasteiger partial charge < -0.3 is 15.8 Å². The Kier molecular flexibility index (Phi) is 4.44. The number of anilines is 2. The molecule has 0 aromatic carbocycles. The van der Waals surface area contributed by atoms with Crippen LogP contribution in [0.15, 0.2) is 24.7 Å². The molecule has 0 aliphatic carbocycles. The molecule has 0 fully saturated rings. The largest absolute Gasteiger partial charge is 0.476 e. The van der Waals surface area contributed by atoms with Crippen LogP contribution >= 0.6 is 0 Å². The second-order valence-electron chi connectivity index (χ2n) is 3.86. The Bertz CT molecular complexity index is 519. The maximum Gasteiger partial charge on any atom is 0.242 e. The molecule has 0 saturated carbocycles. The van der Waals surface area contributed by atoms with Crippen molar-refractivity contribution in [3.63, 3.8) is 0 Å². The summed E-state index contributed by atoms with van der Waals surface area (Å²) in [5, 5.41) is 10.9. The van der Waals surface area contributed by atoms with Crippen LogP contribution in [0.5, 0.6) is 5.88 Å². The lowest BCUT2D eigenvalue weighted by molar-refractivity contribution is 0.306. The van der Waals surface area contributed by atoms with Crippen LogP contribution in [0.25, 0.3) is 0 Å². The minimum Gasteiger partial charge on any atom is -0.476 e. The summed E-state index contributed by atoms with van der Waals surface area (Å²) in [6.07, 6.45) is 3.94. The van der Waals surface area contributed by atoms with Gasteiger partial charge in [0.15, 0.2) is 5.82 Å². The third-order valence-corrected chi connectivity index (χ3v) is 2.35. The molecule has 2 rings (SSSR count).